The first-order valence-electron chi connectivity index (χ1n) is 11.1. The topological polar surface area (TPSA) is 104 Å². The van der Waals surface area contributed by atoms with Gasteiger partial charge in [-0.15, -0.1) is 0 Å². The highest BCUT2D eigenvalue weighted by atomic mass is 35.5. The van der Waals surface area contributed by atoms with Gasteiger partial charge in [-0.25, -0.2) is 0 Å². The largest absolute Gasteiger partial charge is 0.345 e. The fraction of sp³-hybridized carbons (Fsp3) is 0.154. The summed E-state index contributed by atoms with van der Waals surface area (Å²) in [4.78, 5) is 25.9. The third-order valence-electron chi connectivity index (χ3n) is 5.13. The van der Waals surface area contributed by atoms with Crippen LogP contribution in [0.4, 0.5) is 34.9 Å². The summed E-state index contributed by atoms with van der Waals surface area (Å²) in [5.74, 6) is 0.679. The van der Waals surface area contributed by atoms with Crippen LogP contribution in [0.3, 0.4) is 0 Å². The Hall–Kier alpha value is -4.17. The molecule has 35 heavy (non-hydrogen) atoms. The van der Waals surface area contributed by atoms with Crippen LogP contribution in [0, 0.1) is 20.8 Å². The minimum absolute atomic E-state index is 0.0378. The molecule has 4 rings (SSSR count). The number of anilines is 6. The van der Waals surface area contributed by atoms with Crippen LogP contribution in [0.15, 0.2) is 66.7 Å². The van der Waals surface area contributed by atoms with Gasteiger partial charge in [-0.05, 0) is 62.7 Å². The van der Waals surface area contributed by atoms with E-state index in [2.05, 4.69) is 36.2 Å². The van der Waals surface area contributed by atoms with Crippen molar-refractivity contribution in [3.8, 4) is 0 Å². The average Bonchev–Trinajstić information content (AvgIpc) is 2.83. The number of aryl methyl sites for hydroxylation is 3. The number of benzene rings is 3. The van der Waals surface area contributed by atoms with Crippen molar-refractivity contribution in [3.05, 3.63) is 88.4 Å². The van der Waals surface area contributed by atoms with Crippen molar-refractivity contribution < 1.29 is 4.79 Å². The number of nitrogens with one attached hydrogen (secondary N) is 4. The van der Waals surface area contributed by atoms with Crippen molar-refractivity contribution >= 4 is 52.4 Å². The predicted octanol–water partition coefficient (Wildman–Crippen LogP) is 5.99. The van der Waals surface area contributed by atoms with Gasteiger partial charge in [0.1, 0.15) is 0 Å². The number of halogens is 1. The molecular formula is C26H26ClN7O. The van der Waals surface area contributed by atoms with Crippen molar-refractivity contribution in [2.75, 3.05) is 27.8 Å². The maximum atomic E-state index is 12.5. The molecule has 0 radical (unpaired) electrons. The van der Waals surface area contributed by atoms with Crippen LogP contribution in [-0.4, -0.2) is 27.4 Å². The van der Waals surface area contributed by atoms with Gasteiger partial charge in [-0.2, -0.15) is 15.0 Å². The Labute approximate surface area is 209 Å². The molecule has 1 aromatic heterocycles. The lowest BCUT2D eigenvalue weighted by atomic mass is 10.2. The van der Waals surface area contributed by atoms with Crippen molar-refractivity contribution in [1.82, 2.24) is 15.0 Å². The summed E-state index contributed by atoms with van der Waals surface area (Å²) in [6.07, 6.45) is 0. The van der Waals surface area contributed by atoms with Gasteiger partial charge < -0.3 is 21.3 Å². The highest BCUT2D eigenvalue weighted by molar-refractivity contribution is 6.31. The fourth-order valence-electron chi connectivity index (χ4n) is 3.18. The Bertz CT molecular complexity index is 1260. The standard InChI is InChI=1S/C26H26ClN7O/c1-16-4-10-20(11-5-16)29-25-32-24(33-26(34-25)30-21-12-6-17(2)7-13-21)28-15-23(35)31-22-14-19(27)9-8-18(22)3/h4-14H,15H2,1-3H3,(H,31,35)(H3,28,29,30,32,33,34). The van der Waals surface area contributed by atoms with Gasteiger partial charge in [-0.3, -0.25) is 4.79 Å². The zero-order chi connectivity index (χ0) is 24.8. The van der Waals surface area contributed by atoms with E-state index in [1.165, 1.54) is 0 Å². The number of nitrogens with zero attached hydrogens (tertiary/aromatic N) is 3. The molecule has 0 fully saturated rings. The molecule has 0 bridgehead atoms. The van der Waals surface area contributed by atoms with E-state index >= 15 is 0 Å². The second-order valence-corrected chi connectivity index (χ2v) is 8.59. The van der Waals surface area contributed by atoms with Gasteiger partial charge in [0.05, 0.1) is 6.54 Å². The van der Waals surface area contributed by atoms with E-state index in [0.717, 1.165) is 28.1 Å². The van der Waals surface area contributed by atoms with Crippen LogP contribution in [0.1, 0.15) is 16.7 Å². The van der Waals surface area contributed by atoms with Crippen molar-refractivity contribution in [1.29, 1.82) is 0 Å². The van der Waals surface area contributed by atoms with E-state index in [1.807, 2.05) is 75.4 Å². The molecular weight excluding hydrogens is 462 g/mol. The Kier molecular flexibility index (Phi) is 7.42. The molecule has 9 heteroatoms. The lowest BCUT2D eigenvalue weighted by molar-refractivity contribution is -0.114. The Morgan fingerprint density at radius 2 is 1.26 bits per heavy atom. The summed E-state index contributed by atoms with van der Waals surface area (Å²) < 4.78 is 0. The molecule has 0 saturated heterocycles. The summed E-state index contributed by atoms with van der Waals surface area (Å²) in [5.41, 5.74) is 5.54. The minimum atomic E-state index is -0.253. The van der Waals surface area contributed by atoms with Crippen molar-refractivity contribution in [2.24, 2.45) is 0 Å². The molecule has 8 nitrogen and oxygen atoms in total. The second kappa shape index (κ2) is 10.8. The number of amides is 1. The quantitative estimate of drug-likeness (QED) is 0.242. The van der Waals surface area contributed by atoms with Crippen LogP contribution in [0.2, 0.25) is 5.02 Å². The SMILES string of the molecule is Cc1ccc(Nc2nc(NCC(=O)Nc3cc(Cl)ccc3C)nc(Nc3ccc(C)cc3)n2)cc1. The molecule has 1 amide bonds. The second-order valence-electron chi connectivity index (χ2n) is 8.15. The van der Waals surface area contributed by atoms with E-state index in [0.29, 0.717) is 22.6 Å². The molecule has 0 saturated carbocycles. The van der Waals surface area contributed by atoms with E-state index in [-0.39, 0.29) is 18.4 Å². The summed E-state index contributed by atoms with van der Waals surface area (Å²) in [6, 6.07) is 21.1. The Morgan fingerprint density at radius 3 is 1.80 bits per heavy atom. The van der Waals surface area contributed by atoms with Gasteiger partial charge in [0.25, 0.3) is 0 Å². The fourth-order valence-corrected chi connectivity index (χ4v) is 3.35. The van der Waals surface area contributed by atoms with Crippen molar-refractivity contribution in [3.63, 3.8) is 0 Å². The van der Waals surface area contributed by atoms with E-state index in [9.17, 15) is 4.79 Å². The van der Waals surface area contributed by atoms with Crippen LogP contribution >= 0.6 is 11.6 Å². The van der Waals surface area contributed by atoms with Crippen LogP contribution in [0.25, 0.3) is 0 Å². The maximum Gasteiger partial charge on any atom is 0.243 e. The molecule has 4 aromatic rings. The van der Waals surface area contributed by atoms with Crippen molar-refractivity contribution in [2.45, 2.75) is 20.8 Å². The normalized spacial score (nSPS) is 10.5. The van der Waals surface area contributed by atoms with Crippen LogP contribution in [0.5, 0.6) is 0 Å². The van der Waals surface area contributed by atoms with Crippen LogP contribution < -0.4 is 21.3 Å². The first-order chi connectivity index (χ1) is 16.8. The predicted molar refractivity (Wildman–Crippen MR) is 142 cm³/mol. The number of hydrogen-bond donors (Lipinski definition) is 4. The molecule has 0 aliphatic heterocycles. The highest BCUT2D eigenvalue weighted by Crippen LogP contribution is 2.21. The number of hydrogen-bond acceptors (Lipinski definition) is 7. The molecule has 0 aliphatic rings. The van der Waals surface area contributed by atoms with E-state index < -0.39 is 0 Å². The first kappa shape index (κ1) is 24.0. The Balaban J connectivity index is 1.52. The van der Waals surface area contributed by atoms with Crippen LogP contribution in [-0.2, 0) is 4.79 Å². The molecule has 4 N–H and O–H groups in total. The monoisotopic (exact) mass is 487 g/mol. The smallest absolute Gasteiger partial charge is 0.243 e. The number of aromatic nitrogens is 3. The summed E-state index contributed by atoms with van der Waals surface area (Å²) in [6.45, 7) is 5.91. The first-order valence-corrected chi connectivity index (χ1v) is 11.5. The maximum absolute atomic E-state index is 12.5. The number of carbonyl (C=O) groups excluding carboxylic acids is 1. The molecule has 178 valence electrons. The number of carbonyl (C=O) groups is 1. The van der Waals surface area contributed by atoms with Gasteiger partial charge in [-0.1, -0.05) is 53.1 Å². The zero-order valence-electron chi connectivity index (χ0n) is 19.7. The van der Waals surface area contributed by atoms with Gasteiger partial charge in [0.2, 0.25) is 23.8 Å². The summed E-state index contributed by atoms with van der Waals surface area (Å²) >= 11 is 6.05. The molecule has 0 aliphatic carbocycles. The molecule has 3 aromatic carbocycles. The third-order valence-corrected chi connectivity index (χ3v) is 5.37. The third kappa shape index (κ3) is 6.91. The average molecular weight is 488 g/mol. The number of rotatable bonds is 8. The van der Waals surface area contributed by atoms with E-state index in [1.54, 1.807) is 12.1 Å². The van der Waals surface area contributed by atoms with Gasteiger partial charge in [0, 0.05) is 22.1 Å². The lowest BCUT2D eigenvalue weighted by Crippen LogP contribution is -2.23. The van der Waals surface area contributed by atoms with Gasteiger partial charge in [0.15, 0.2) is 0 Å². The molecule has 0 atom stereocenters. The highest BCUT2D eigenvalue weighted by Gasteiger charge is 2.11. The Morgan fingerprint density at radius 1 is 0.743 bits per heavy atom. The van der Waals surface area contributed by atoms with E-state index in [4.69, 9.17) is 11.6 Å². The molecule has 0 spiro atoms. The summed E-state index contributed by atoms with van der Waals surface area (Å²) in [7, 11) is 0. The summed E-state index contributed by atoms with van der Waals surface area (Å²) in [5, 5.41) is 12.8. The zero-order valence-corrected chi connectivity index (χ0v) is 20.4. The van der Waals surface area contributed by atoms with Gasteiger partial charge >= 0.3 is 0 Å². The minimum Gasteiger partial charge on any atom is -0.345 e. The molecule has 0 unspecified atom stereocenters. The molecule has 1 heterocycles. The lowest BCUT2D eigenvalue weighted by Gasteiger charge is -2.12.